The molecular formula is C15H21FN2O. The zero-order valence-corrected chi connectivity index (χ0v) is 11.6. The quantitative estimate of drug-likeness (QED) is 0.893. The van der Waals surface area contributed by atoms with Gasteiger partial charge in [-0.15, -0.1) is 0 Å². The lowest BCUT2D eigenvalue weighted by atomic mass is 9.73. The largest absolute Gasteiger partial charge is 0.485 e. The number of hydrogen-bond acceptors (Lipinski definition) is 3. The van der Waals surface area contributed by atoms with Gasteiger partial charge in [-0.25, -0.2) is 4.39 Å². The number of pyridine rings is 1. The summed E-state index contributed by atoms with van der Waals surface area (Å²) in [5.74, 6) is 0.791. The molecule has 0 radical (unpaired) electrons. The van der Waals surface area contributed by atoms with E-state index in [-0.39, 0.29) is 11.6 Å². The van der Waals surface area contributed by atoms with Gasteiger partial charge in [-0.3, -0.25) is 4.98 Å². The van der Waals surface area contributed by atoms with Gasteiger partial charge in [0.15, 0.2) is 0 Å². The Balaban J connectivity index is 1.87. The van der Waals surface area contributed by atoms with E-state index < -0.39 is 5.67 Å². The van der Waals surface area contributed by atoms with Gasteiger partial charge >= 0.3 is 0 Å². The van der Waals surface area contributed by atoms with Crippen LogP contribution in [0, 0.1) is 0 Å². The minimum absolute atomic E-state index is 0.0199. The highest BCUT2D eigenvalue weighted by molar-refractivity contribution is 5.39. The lowest BCUT2D eigenvalue weighted by molar-refractivity contribution is -0.0333. The first-order valence-corrected chi connectivity index (χ1v) is 6.99. The molecule has 3 rings (SSSR count). The van der Waals surface area contributed by atoms with E-state index in [0.717, 1.165) is 36.3 Å². The second kappa shape index (κ2) is 4.17. The predicted molar refractivity (Wildman–Crippen MR) is 71.9 cm³/mol. The number of fused-ring (bicyclic) bond motifs is 1. The standard InChI is InChI=1S/C15H21FN2O/c1-14(2,16)7-10-6-11-12(17)8-15(4-3-5-15)19-13(11)9-18-10/h6,9,12H,3-5,7-8,17H2,1-2H3. The number of rotatable bonds is 2. The molecule has 0 saturated heterocycles. The fourth-order valence-electron chi connectivity index (χ4n) is 3.07. The zero-order valence-electron chi connectivity index (χ0n) is 11.6. The molecule has 3 nitrogen and oxygen atoms in total. The van der Waals surface area contributed by atoms with Crippen molar-refractivity contribution in [1.29, 1.82) is 0 Å². The Hall–Kier alpha value is -1.16. The van der Waals surface area contributed by atoms with Crippen molar-refractivity contribution in [3.8, 4) is 5.75 Å². The molecule has 2 heterocycles. The van der Waals surface area contributed by atoms with Crippen molar-refractivity contribution in [1.82, 2.24) is 4.98 Å². The lowest BCUT2D eigenvalue weighted by Crippen LogP contribution is -2.48. The minimum atomic E-state index is -1.25. The highest BCUT2D eigenvalue weighted by Gasteiger charge is 2.44. The molecule has 0 bridgehead atoms. The first kappa shape index (κ1) is 12.9. The second-order valence-corrected chi connectivity index (χ2v) is 6.56. The minimum Gasteiger partial charge on any atom is -0.485 e. The number of aromatic nitrogens is 1. The number of hydrogen-bond donors (Lipinski definition) is 1. The van der Waals surface area contributed by atoms with E-state index in [1.165, 1.54) is 6.42 Å². The van der Waals surface area contributed by atoms with Gasteiger partial charge in [-0.1, -0.05) is 0 Å². The van der Waals surface area contributed by atoms with Crippen molar-refractivity contribution in [3.05, 3.63) is 23.5 Å². The van der Waals surface area contributed by atoms with Crippen LogP contribution in [0.3, 0.4) is 0 Å². The van der Waals surface area contributed by atoms with E-state index in [2.05, 4.69) is 4.98 Å². The Kier molecular flexibility index (Phi) is 2.82. The Morgan fingerprint density at radius 3 is 2.84 bits per heavy atom. The van der Waals surface area contributed by atoms with Gasteiger partial charge in [0.2, 0.25) is 0 Å². The molecule has 2 N–H and O–H groups in total. The maximum absolute atomic E-state index is 13.7. The molecule has 4 heteroatoms. The summed E-state index contributed by atoms with van der Waals surface area (Å²) in [5.41, 5.74) is 6.69. The van der Waals surface area contributed by atoms with E-state index in [4.69, 9.17) is 10.5 Å². The van der Waals surface area contributed by atoms with E-state index in [9.17, 15) is 4.39 Å². The Bertz CT molecular complexity index is 491. The summed E-state index contributed by atoms with van der Waals surface area (Å²) in [4.78, 5) is 4.32. The molecule has 1 atom stereocenters. The Labute approximate surface area is 113 Å². The SMILES string of the molecule is CC(C)(F)Cc1cc2c(cn1)OC1(CCC1)CC2N. The normalized spacial score (nSPS) is 24.5. The van der Waals surface area contributed by atoms with Gasteiger partial charge < -0.3 is 10.5 Å². The monoisotopic (exact) mass is 264 g/mol. The van der Waals surface area contributed by atoms with Crippen LogP contribution in [0.5, 0.6) is 5.75 Å². The van der Waals surface area contributed by atoms with Crippen LogP contribution in [0.1, 0.15) is 56.8 Å². The molecular weight excluding hydrogens is 243 g/mol. The van der Waals surface area contributed by atoms with Crippen molar-refractivity contribution < 1.29 is 9.13 Å². The van der Waals surface area contributed by atoms with Gasteiger partial charge in [0.05, 0.1) is 6.20 Å². The van der Waals surface area contributed by atoms with Gasteiger partial charge in [0.1, 0.15) is 17.0 Å². The van der Waals surface area contributed by atoms with Crippen LogP contribution in [-0.2, 0) is 6.42 Å². The summed E-state index contributed by atoms with van der Waals surface area (Å²) in [6.45, 7) is 3.13. The second-order valence-electron chi connectivity index (χ2n) is 6.56. The first-order valence-electron chi connectivity index (χ1n) is 6.99. The molecule has 1 fully saturated rings. The molecule has 1 spiro atoms. The van der Waals surface area contributed by atoms with Crippen LogP contribution < -0.4 is 10.5 Å². The fourth-order valence-corrected chi connectivity index (χ4v) is 3.07. The van der Waals surface area contributed by atoms with Crippen LogP contribution in [0.2, 0.25) is 0 Å². The van der Waals surface area contributed by atoms with E-state index in [1.807, 2.05) is 6.07 Å². The van der Waals surface area contributed by atoms with Crippen molar-refractivity contribution in [2.45, 2.75) is 63.3 Å². The third-order valence-electron chi connectivity index (χ3n) is 4.14. The van der Waals surface area contributed by atoms with Gasteiger partial charge in [0.25, 0.3) is 0 Å². The highest BCUT2D eigenvalue weighted by Crippen LogP contribution is 2.47. The summed E-state index contributed by atoms with van der Waals surface area (Å²) < 4.78 is 19.8. The summed E-state index contributed by atoms with van der Waals surface area (Å²) >= 11 is 0. The predicted octanol–water partition coefficient (Wildman–Crippen LogP) is 3.08. The molecule has 1 aromatic rings. The molecule has 2 aliphatic rings. The lowest BCUT2D eigenvalue weighted by Gasteiger charge is -2.47. The molecule has 0 amide bonds. The van der Waals surface area contributed by atoms with Gasteiger partial charge in [-0.2, -0.15) is 0 Å². The maximum Gasteiger partial charge on any atom is 0.143 e. The van der Waals surface area contributed by atoms with Crippen LogP contribution in [0.15, 0.2) is 12.3 Å². The van der Waals surface area contributed by atoms with Crippen LogP contribution >= 0.6 is 0 Å². The van der Waals surface area contributed by atoms with Crippen molar-refractivity contribution in [3.63, 3.8) is 0 Å². The summed E-state index contributed by atoms with van der Waals surface area (Å²) in [7, 11) is 0. The summed E-state index contributed by atoms with van der Waals surface area (Å²) in [5, 5.41) is 0. The molecule has 0 aromatic carbocycles. The molecule has 104 valence electrons. The average Bonchev–Trinajstić information content (AvgIpc) is 2.25. The van der Waals surface area contributed by atoms with Gasteiger partial charge in [-0.05, 0) is 39.2 Å². The fraction of sp³-hybridized carbons (Fsp3) is 0.667. The molecule has 1 aliphatic carbocycles. The zero-order chi connectivity index (χ0) is 13.7. The topological polar surface area (TPSA) is 48.1 Å². The van der Waals surface area contributed by atoms with E-state index >= 15 is 0 Å². The van der Waals surface area contributed by atoms with Gasteiger partial charge in [0, 0.05) is 30.1 Å². The Morgan fingerprint density at radius 2 is 2.26 bits per heavy atom. The smallest absolute Gasteiger partial charge is 0.143 e. The van der Waals surface area contributed by atoms with Crippen LogP contribution in [-0.4, -0.2) is 16.3 Å². The maximum atomic E-state index is 13.7. The average molecular weight is 264 g/mol. The highest BCUT2D eigenvalue weighted by atomic mass is 19.1. The number of alkyl halides is 1. The van der Waals surface area contributed by atoms with Crippen molar-refractivity contribution >= 4 is 0 Å². The number of halogens is 1. The summed E-state index contributed by atoms with van der Waals surface area (Å²) in [6.07, 6.45) is 6.26. The number of ether oxygens (including phenoxy) is 1. The molecule has 19 heavy (non-hydrogen) atoms. The third-order valence-corrected chi connectivity index (χ3v) is 4.14. The Morgan fingerprint density at radius 1 is 1.53 bits per heavy atom. The van der Waals surface area contributed by atoms with E-state index in [1.54, 1.807) is 20.0 Å². The molecule has 1 saturated carbocycles. The summed E-state index contributed by atoms with van der Waals surface area (Å²) in [6, 6.07) is 1.89. The van der Waals surface area contributed by atoms with Crippen LogP contribution in [0.4, 0.5) is 4.39 Å². The number of nitrogens with two attached hydrogens (primary N) is 1. The third kappa shape index (κ3) is 2.46. The molecule has 1 unspecified atom stereocenters. The molecule has 1 aromatic heterocycles. The van der Waals surface area contributed by atoms with Crippen LogP contribution in [0.25, 0.3) is 0 Å². The van der Waals surface area contributed by atoms with Crippen molar-refractivity contribution in [2.24, 2.45) is 5.73 Å². The van der Waals surface area contributed by atoms with E-state index in [0.29, 0.717) is 6.42 Å². The van der Waals surface area contributed by atoms with Crippen molar-refractivity contribution in [2.75, 3.05) is 0 Å². The molecule has 1 aliphatic heterocycles. The first-order chi connectivity index (χ1) is 8.87. The number of nitrogens with zero attached hydrogens (tertiary/aromatic N) is 1.